The Balaban J connectivity index is 1.86. The molecular weight excluding hydrogens is 393 g/mol. The predicted octanol–water partition coefficient (Wildman–Crippen LogP) is 3.31. The van der Waals surface area contributed by atoms with Crippen LogP contribution in [-0.2, 0) is 16.5 Å². The van der Waals surface area contributed by atoms with Crippen LogP contribution < -0.4 is 9.08 Å². The van der Waals surface area contributed by atoms with Gasteiger partial charge >= 0.3 is 15.6 Å². The van der Waals surface area contributed by atoms with Gasteiger partial charge in [0.1, 0.15) is 0 Å². The molecule has 0 spiro atoms. The second-order valence-electron chi connectivity index (χ2n) is 7.09. The second-order valence-corrected chi connectivity index (χ2v) is 8.63. The molecule has 4 rings (SSSR count). The third-order valence-electron chi connectivity index (χ3n) is 5.23. The molecule has 1 saturated heterocycles. The Morgan fingerprint density at radius 3 is 2.50 bits per heavy atom. The zero-order valence-electron chi connectivity index (χ0n) is 15.1. The fourth-order valence-corrected chi connectivity index (χ4v) is 4.41. The largest absolute Gasteiger partial charge is 0.534 e. The van der Waals surface area contributed by atoms with Crippen LogP contribution in [0.15, 0.2) is 42.5 Å². The number of rotatable bonds is 2. The highest BCUT2D eigenvalue weighted by molar-refractivity contribution is 7.88. The van der Waals surface area contributed by atoms with Crippen LogP contribution in [0.3, 0.4) is 0 Å². The van der Waals surface area contributed by atoms with E-state index in [2.05, 4.69) is 9.08 Å². The van der Waals surface area contributed by atoms with Crippen molar-refractivity contribution in [1.29, 1.82) is 0 Å². The molecule has 5 nitrogen and oxygen atoms in total. The zero-order chi connectivity index (χ0) is 20.1. The summed E-state index contributed by atoms with van der Waals surface area (Å²) in [6, 6.07) is 12.4. The summed E-state index contributed by atoms with van der Waals surface area (Å²) < 4.78 is 66.6. The van der Waals surface area contributed by atoms with Gasteiger partial charge in [-0.2, -0.15) is 21.6 Å². The van der Waals surface area contributed by atoms with E-state index in [0.29, 0.717) is 31.7 Å². The van der Waals surface area contributed by atoms with Crippen LogP contribution in [0, 0.1) is 0 Å². The highest BCUT2D eigenvalue weighted by atomic mass is 32.2. The van der Waals surface area contributed by atoms with E-state index in [1.807, 2.05) is 36.2 Å². The minimum atomic E-state index is -5.75. The van der Waals surface area contributed by atoms with Crippen molar-refractivity contribution in [3.05, 3.63) is 59.2 Å². The summed E-state index contributed by atoms with van der Waals surface area (Å²) >= 11 is 0. The molecule has 0 amide bonds. The Kier molecular flexibility index (Phi) is 4.54. The number of benzene rings is 2. The molecule has 0 unspecified atom stereocenters. The summed E-state index contributed by atoms with van der Waals surface area (Å²) in [5.41, 5.74) is -2.15. The summed E-state index contributed by atoms with van der Waals surface area (Å²) in [7, 11) is -3.76. The molecule has 0 radical (unpaired) electrons. The summed E-state index contributed by atoms with van der Waals surface area (Å²) in [6.45, 7) is 1.93. The molecule has 2 aromatic carbocycles. The molecule has 0 saturated carbocycles. The molecule has 150 valence electrons. The first-order chi connectivity index (χ1) is 13.2. The molecule has 2 aliphatic rings. The summed E-state index contributed by atoms with van der Waals surface area (Å²) in [5.74, 6) is -0.280. The number of anilines is 1. The number of halogens is 3. The summed E-state index contributed by atoms with van der Waals surface area (Å²) in [4.78, 5) is 4.13. The van der Waals surface area contributed by atoms with Gasteiger partial charge < -0.3 is 14.0 Å². The van der Waals surface area contributed by atoms with E-state index in [1.165, 1.54) is 12.1 Å². The number of fused-ring (bicyclic) bond motifs is 5. The number of hydrogen-bond donors (Lipinski definition) is 0. The zero-order valence-corrected chi connectivity index (χ0v) is 15.9. The Bertz CT molecular complexity index is 1010. The van der Waals surface area contributed by atoms with Crippen molar-refractivity contribution < 1.29 is 25.8 Å². The third kappa shape index (κ3) is 3.22. The predicted molar refractivity (Wildman–Crippen MR) is 98.9 cm³/mol. The standard InChI is InChI=1S/C19H19F3N2O3S/c1-23-9-10-24-16(12-23)15-7-3-2-5-13(15)11-14-6-4-8-17(18(14)24)27-28(25,26)19(20,21)22/h2-8,16H,9-12H2,1H3/t16-/m0/s1. The van der Waals surface area contributed by atoms with Crippen LogP contribution in [0.5, 0.6) is 5.75 Å². The fraction of sp³-hybridized carbons (Fsp3) is 0.368. The van der Waals surface area contributed by atoms with E-state index >= 15 is 0 Å². The van der Waals surface area contributed by atoms with Gasteiger partial charge in [-0.05, 0) is 36.2 Å². The molecule has 28 heavy (non-hydrogen) atoms. The number of likely N-dealkylation sites (N-methyl/N-ethyl adjacent to an activating group) is 1. The van der Waals surface area contributed by atoms with Gasteiger partial charge in [0.25, 0.3) is 0 Å². The van der Waals surface area contributed by atoms with Crippen molar-refractivity contribution in [2.24, 2.45) is 0 Å². The SMILES string of the molecule is CN1CCN2c3c(cccc3OS(=O)(=O)C(F)(F)F)Cc3ccccc3[C@@H]2C1. The first-order valence-electron chi connectivity index (χ1n) is 8.83. The van der Waals surface area contributed by atoms with Crippen LogP contribution in [0.25, 0.3) is 0 Å². The maximum Gasteiger partial charge on any atom is 0.534 e. The summed E-state index contributed by atoms with van der Waals surface area (Å²) in [6.07, 6.45) is 0.492. The van der Waals surface area contributed by atoms with Crippen molar-refractivity contribution in [2.45, 2.75) is 18.0 Å². The lowest BCUT2D eigenvalue weighted by molar-refractivity contribution is -0.0499. The van der Waals surface area contributed by atoms with Gasteiger partial charge in [-0.15, -0.1) is 0 Å². The molecule has 1 atom stereocenters. The second kappa shape index (κ2) is 6.66. The average molecular weight is 412 g/mol. The number of hydrogen-bond acceptors (Lipinski definition) is 5. The Labute approximate surface area is 161 Å². The van der Waals surface area contributed by atoms with Crippen LogP contribution in [0.2, 0.25) is 0 Å². The number of para-hydroxylation sites is 1. The molecule has 1 fully saturated rings. The molecule has 2 aromatic rings. The topological polar surface area (TPSA) is 49.9 Å². The van der Waals surface area contributed by atoms with Crippen molar-refractivity contribution in [3.8, 4) is 5.75 Å². The van der Waals surface area contributed by atoms with Crippen molar-refractivity contribution in [1.82, 2.24) is 4.90 Å². The van der Waals surface area contributed by atoms with Crippen LogP contribution in [0.1, 0.15) is 22.7 Å². The van der Waals surface area contributed by atoms with Crippen molar-refractivity contribution in [3.63, 3.8) is 0 Å². The normalized spacial score (nSPS) is 20.0. The fourth-order valence-electron chi connectivity index (χ4n) is 3.95. The van der Waals surface area contributed by atoms with Crippen LogP contribution in [0.4, 0.5) is 18.9 Å². The van der Waals surface area contributed by atoms with Crippen LogP contribution in [-0.4, -0.2) is 45.5 Å². The highest BCUT2D eigenvalue weighted by Crippen LogP contribution is 2.44. The quantitative estimate of drug-likeness (QED) is 0.560. The lowest BCUT2D eigenvalue weighted by Crippen LogP contribution is -2.47. The smallest absolute Gasteiger partial charge is 0.374 e. The number of nitrogens with zero attached hydrogens (tertiary/aromatic N) is 2. The Morgan fingerprint density at radius 2 is 1.75 bits per heavy atom. The Hall–Kier alpha value is -2.26. The lowest BCUT2D eigenvalue weighted by Gasteiger charge is -2.42. The molecule has 2 aliphatic heterocycles. The van der Waals surface area contributed by atoms with E-state index in [9.17, 15) is 21.6 Å². The monoisotopic (exact) mass is 412 g/mol. The van der Waals surface area contributed by atoms with Gasteiger partial charge in [0.2, 0.25) is 0 Å². The average Bonchev–Trinajstić information content (AvgIpc) is 2.75. The van der Waals surface area contributed by atoms with Gasteiger partial charge in [-0.3, -0.25) is 0 Å². The molecule has 0 bridgehead atoms. The van der Waals surface area contributed by atoms with E-state index in [1.54, 1.807) is 6.07 Å². The molecule has 0 aromatic heterocycles. The highest BCUT2D eigenvalue weighted by Gasteiger charge is 2.49. The van der Waals surface area contributed by atoms with Gasteiger partial charge in [-0.1, -0.05) is 36.4 Å². The molecule has 2 heterocycles. The van der Waals surface area contributed by atoms with E-state index in [0.717, 1.165) is 16.7 Å². The molecule has 0 N–H and O–H groups in total. The molecule has 9 heteroatoms. The maximum absolute atomic E-state index is 12.9. The van der Waals surface area contributed by atoms with E-state index in [-0.39, 0.29) is 11.8 Å². The van der Waals surface area contributed by atoms with Gasteiger partial charge in [-0.25, -0.2) is 0 Å². The summed E-state index contributed by atoms with van der Waals surface area (Å²) in [5, 5.41) is 0. The van der Waals surface area contributed by atoms with Crippen molar-refractivity contribution in [2.75, 3.05) is 31.6 Å². The maximum atomic E-state index is 12.9. The minimum Gasteiger partial charge on any atom is -0.374 e. The van der Waals surface area contributed by atoms with E-state index < -0.39 is 15.6 Å². The first-order valence-corrected chi connectivity index (χ1v) is 10.2. The molecule has 0 aliphatic carbocycles. The van der Waals surface area contributed by atoms with Gasteiger partial charge in [0.15, 0.2) is 5.75 Å². The van der Waals surface area contributed by atoms with Gasteiger partial charge in [0, 0.05) is 19.6 Å². The van der Waals surface area contributed by atoms with Gasteiger partial charge in [0.05, 0.1) is 11.7 Å². The minimum absolute atomic E-state index is 0.102. The first kappa shape index (κ1) is 19.1. The third-order valence-corrected chi connectivity index (χ3v) is 6.20. The Morgan fingerprint density at radius 1 is 1.04 bits per heavy atom. The number of alkyl halides is 3. The lowest BCUT2D eigenvalue weighted by atomic mass is 9.96. The number of piperazine rings is 1. The molecular formula is C19H19F3N2O3S. The van der Waals surface area contributed by atoms with Crippen LogP contribution >= 0.6 is 0 Å². The van der Waals surface area contributed by atoms with E-state index in [4.69, 9.17) is 0 Å². The van der Waals surface area contributed by atoms with Crippen molar-refractivity contribution >= 4 is 15.8 Å².